The SMILES string of the molecule is CCCC(C)N(C)C(=O)NCC(CC)C(=O)O. The van der Waals surface area contributed by atoms with E-state index < -0.39 is 11.9 Å². The number of carbonyl (C=O) groups is 2. The summed E-state index contributed by atoms with van der Waals surface area (Å²) in [5.41, 5.74) is 0. The van der Waals surface area contributed by atoms with Crippen LogP contribution in [0.4, 0.5) is 4.79 Å². The van der Waals surface area contributed by atoms with Gasteiger partial charge in [-0.25, -0.2) is 4.79 Å². The Bertz CT molecular complexity index is 256. The molecule has 5 nitrogen and oxygen atoms in total. The molecule has 2 N–H and O–H groups in total. The highest BCUT2D eigenvalue weighted by Gasteiger charge is 2.19. The molecule has 2 atom stereocenters. The third-order valence-electron chi connectivity index (χ3n) is 3.03. The summed E-state index contributed by atoms with van der Waals surface area (Å²) in [6, 6.07) is -0.0319. The van der Waals surface area contributed by atoms with Crippen LogP contribution >= 0.6 is 0 Å². The van der Waals surface area contributed by atoms with Gasteiger partial charge in [0.1, 0.15) is 0 Å². The van der Waals surface area contributed by atoms with Crippen LogP contribution in [0.25, 0.3) is 0 Å². The first-order valence-electron chi connectivity index (χ1n) is 6.17. The van der Waals surface area contributed by atoms with E-state index in [2.05, 4.69) is 12.2 Å². The smallest absolute Gasteiger partial charge is 0.317 e. The Balaban J connectivity index is 4.12. The molecule has 0 radical (unpaired) electrons. The van der Waals surface area contributed by atoms with Crippen molar-refractivity contribution in [2.24, 2.45) is 5.92 Å². The molecular formula is C12H24N2O3. The predicted molar refractivity (Wildman–Crippen MR) is 66.9 cm³/mol. The average Bonchev–Trinajstić information content (AvgIpc) is 2.28. The Morgan fingerprint density at radius 2 is 1.94 bits per heavy atom. The second-order valence-electron chi connectivity index (χ2n) is 4.38. The van der Waals surface area contributed by atoms with Crippen molar-refractivity contribution < 1.29 is 14.7 Å². The zero-order valence-corrected chi connectivity index (χ0v) is 11.2. The highest BCUT2D eigenvalue weighted by molar-refractivity contribution is 5.76. The molecule has 5 heteroatoms. The van der Waals surface area contributed by atoms with Crippen LogP contribution in [0.2, 0.25) is 0 Å². The van der Waals surface area contributed by atoms with Gasteiger partial charge in [0.05, 0.1) is 5.92 Å². The van der Waals surface area contributed by atoms with E-state index in [0.717, 1.165) is 12.8 Å². The molecule has 17 heavy (non-hydrogen) atoms. The quantitative estimate of drug-likeness (QED) is 0.719. The molecule has 0 saturated heterocycles. The molecular weight excluding hydrogens is 220 g/mol. The minimum absolute atomic E-state index is 0.171. The fourth-order valence-corrected chi connectivity index (χ4v) is 1.55. The summed E-state index contributed by atoms with van der Waals surface area (Å²) in [6.07, 6.45) is 2.48. The lowest BCUT2D eigenvalue weighted by molar-refractivity contribution is -0.141. The molecule has 0 aromatic carbocycles. The lowest BCUT2D eigenvalue weighted by atomic mass is 10.1. The highest BCUT2D eigenvalue weighted by atomic mass is 16.4. The molecule has 0 aromatic heterocycles. The summed E-state index contributed by atoms with van der Waals surface area (Å²) in [5.74, 6) is -1.37. The Morgan fingerprint density at radius 3 is 2.35 bits per heavy atom. The molecule has 0 aromatic rings. The molecule has 0 aliphatic rings. The second-order valence-corrected chi connectivity index (χ2v) is 4.38. The van der Waals surface area contributed by atoms with Crippen molar-refractivity contribution in [1.29, 1.82) is 0 Å². The maximum Gasteiger partial charge on any atom is 0.317 e. The fourth-order valence-electron chi connectivity index (χ4n) is 1.55. The number of aliphatic carboxylic acids is 1. The lowest BCUT2D eigenvalue weighted by Crippen LogP contribution is -2.44. The van der Waals surface area contributed by atoms with Crippen LogP contribution in [-0.4, -0.2) is 41.6 Å². The van der Waals surface area contributed by atoms with E-state index in [1.165, 1.54) is 0 Å². The predicted octanol–water partition coefficient (Wildman–Crippen LogP) is 1.93. The highest BCUT2D eigenvalue weighted by Crippen LogP contribution is 2.05. The number of hydrogen-bond acceptors (Lipinski definition) is 2. The molecule has 0 rings (SSSR count). The third kappa shape index (κ3) is 5.56. The van der Waals surface area contributed by atoms with E-state index in [-0.39, 0.29) is 18.6 Å². The number of carbonyl (C=O) groups excluding carboxylic acids is 1. The number of carboxylic acids is 1. The first kappa shape index (κ1) is 15.7. The summed E-state index contributed by atoms with van der Waals surface area (Å²) < 4.78 is 0. The fraction of sp³-hybridized carbons (Fsp3) is 0.833. The number of nitrogens with one attached hydrogen (secondary N) is 1. The van der Waals surface area contributed by atoms with Gasteiger partial charge < -0.3 is 15.3 Å². The van der Waals surface area contributed by atoms with Crippen molar-refractivity contribution in [2.45, 2.75) is 46.1 Å². The maximum absolute atomic E-state index is 11.7. The molecule has 0 saturated carbocycles. The standard InChI is InChI=1S/C12H24N2O3/c1-5-7-9(3)14(4)12(17)13-8-10(6-2)11(15)16/h9-10H,5-8H2,1-4H3,(H,13,17)(H,15,16). The first-order valence-corrected chi connectivity index (χ1v) is 6.17. The normalized spacial score (nSPS) is 13.9. The number of nitrogens with zero attached hydrogens (tertiary/aromatic N) is 1. The zero-order valence-electron chi connectivity index (χ0n) is 11.2. The third-order valence-corrected chi connectivity index (χ3v) is 3.03. The molecule has 0 fully saturated rings. The van der Waals surface area contributed by atoms with Gasteiger partial charge in [0.2, 0.25) is 0 Å². The minimum atomic E-state index is -0.864. The molecule has 0 heterocycles. The van der Waals surface area contributed by atoms with Crippen LogP contribution in [0.3, 0.4) is 0 Å². The number of carboxylic acid groups (broad SMARTS) is 1. The monoisotopic (exact) mass is 244 g/mol. The maximum atomic E-state index is 11.7. The Labute approximate surface area is 103 Å². The van der Waals surface area contributed by atoms with Gasteiger partial charge in [-0.1, -0.05) is 20.3 Å². The summed E-state index contributed by atoms with van der Waals surface area (Å²) in [6.45, 7) is 6.04. The van der Waals surface area contributed by atoms with Gasteiger partial charge in [-0.3, -0.25) is 4.79 Å². The van der Waals surface area contributed by atoms with Crippen molar-refractivity contribution in [3.05, 3.63) is 0 Å². The number of amides is 2. The van der Waals surface area contributed by atoms with Gasteiger partial charge in [0.25, 0.3) is 0 Å². The molecule has 100 valence electrons. The summed E-state index contributed by atoms with van der Waals surface area (Å²) in [5, 5.41) is 11.5. The molecule has 0 spiro atoms. The van der Waals surface area contributed by atoms with Crippen molar-refractivity contribution in [3.63, 3.8) is 0 Å². The van der Waals surface area contributed by atoms with Crippen LogP contribution in [0.1, 0.15) is 40.0 Å². The van der Waals surface area contributed by atoms with E-state index in [4.69, 9.17) is 5.11 Å². The van der Waals surface area contributed by atoms with Gasteiger partial charge in [0, 0.05) is 19.6 Å². The van der Waals surface area contributed by atoms with Gasteiger partial charge in [-0.15, -0.1) is 0 Å². The van der Waals surface area contributed by atoms with Crippen molar-refractivity contribution >= 4 is 12.0 Å². The van der Waals surface area contributed by atoms with Crippen LogP contribution in [0, 0.1) is 5.92 Å². The summed E-state index contributed by atoms with van der Waals surface area (Å²) in [7, 11) is 1.73. The first-order chi connectivity index (χ1) is 7.93. The summed E-state index contributed by atoms with van der Waals surface area (Å²) >= 11 is 0. The average molecular weight is 244 g/mol. The van der Waals surface area contributed by atoms with E-state index >= 15 is 0 Å². The minimum Gasteiger partial charge on any atom is -0.481 e. The van der Waals surface area contributed by atoms with Crippen molar-refractivity contribution in [2.75, 3.05) is 13.6 Å². The molecule has 0 aliphatic carbocycles. The Hall–Kier alpha value is -1.26. The molecule has 2 unspecified atom stereocenters. The van der Waals surface area contributed by atoms with E-state index in [1.54, 1.807) is 18.9 Å². The Morgan fingerprint density at radius 1 is 1.35 bits per heavy atom. The topological polar surface area (TPSA) is 69.6 Å². The van der Waals surface area contributed by atoms with Crippen molar-refractivity contribution in [1.82, 2.24) is 10.2 Å². The van der Waals surface area contributed by atoms with Gasteiger partial charge in [-0.05, 0) is 19.8 Å². The number of urea groups is 1. The van der Waals surface area contributed by atoms with Crippen LogP contribution in [0.15, 0.2) is 0 Å². The van der Waals surface area contributed by atoms with Crippen LogP contribution in [0.5, 0.6) is 0 Å². The van der Waals surface area contributed by atoms with E-state index in [0.29, 0.717) is 6.42 Å². The van der Waals surface area contributed by atoms with Gasteiger partial charge in [0.15, 0.2) is 0 Å². The Kier molecular flexibility index (Phi) is 7.34. The van der Waals surface area contributed by atoms with E-state index in [9.17, 15) is 9.59 Å². The lowest BCUT2D eigenvalue weighted by Gasteiger charge is -2.25. The molecule has 0 aliphatic heterocycles. The molecule has 2 amide bonds. The van der Waals surface area contributed by atoms with Gasteiger partial charge in [-0.2, -0.15) is 0 Å². The number of hydrogen-bond donors (Lipinski definition) is 2. The largest absolute Gasteiger partial charge is 0.481 e. The van der Waals surface area contributed by atoms with Gasteiger partial charge >= 0.3 is 12.0 Å². The zero-order chi connectivity index (χ0) is 13.4. The van der Waals surface area contributed by atoms with Crippen LogP contribution < -0.4 is 5.32 Å². The van der Waals surface area contributed by atoms with Crippen molar-refractivity contribution in [3.8, 4) is 0 Å². The number of rotatable bonds is 7. The molecule has 0 bridgehead atoms. The van der Waals surface area contributed by atoms with E-state index in [1.807, 2.05) is 6.92 Å². The summed E-state index contributed by atoms with van der Waals surface area (Å²) in [4.78, 5) is 24.1. The second kappa shape index (κ2) is 7.92. The van der Waals surface area contributed by atoms with Crippen LogP contribution in [-0.2, 0) is 4.79 Å².